The molecule has 1 aromatic rings. The molecule has 0 amide bonds. The minimum absolute atomic E-state index is 0.294. The minimum Gasteiger partial charge on any atom is -0.308 e. The Labute approximate surface area is 128 Å². The fraction of sp³-hybridized carbons (Fsp3) is 0.824. The van der Waals surface area contributed by atoms with Crippen LogP contribution in [0.1, 0.15) is 52.1 Å². The van der Waals surface area contributed by atoms with Crippen LogP contribution in [0.4, 0.5) is 0 Å². The van der Waals surface area contributed by atoms with Crippen molar-refractivity contribution in [3.63, 3.8) is 0 Å². The third kappa shape index (κ3) is 3.16. The zero-order valence-corrected chi connectivity index (χ0v) is 14.0. The molecule has 3 rings (SSSR count). The van der Waals surface area contributed by atoms with Gasteiger partial charge in [-0.2, -0.15) is 5.10 Å². The van der Waals surface area contributed by atoms with E-state index in [4.69, 9.17) is 0 Å². The lowest BCUT2D eigenvalue weighted by Gasteiger charge is -2.50. The number of nitrogens with zero attached hydrogens (tertiary/aromatic N) is 3. The summed E-state index contributed by atoms with van der Waals surface area (Å²) in [6, 6.07) is 2.73. The van der Waals surface area contributed by atoms with Gasteiger partial charge in [0.15, 0.2) is 0 Å². The van der Waals surface area contributed by atoms with Crippen molar-refractivity contribution in [2.24, 2.45) is 12.5 Å². The lowest BCUT2D eigenvalue weighted by molar-refractivity contribution is 0.0170. The van der Waals surface area contributed by atoms with E-state index in [1.54, 1.807) is 0 Å². The zero-order valence-electron chi connectivity index (χ0n) is 14.0. The van der Waals surface area contributed by atoms with Gasteiger partial charge >= 0.3 is 0 Å². The van der Waals surface area contributed by atoms with Crippen molar-refractivity contribution in [2.75, 3.05) is 13.1 Å². The van der Waals surface area contributed by atoms with Crippen LogP contribution in [0.3, 0.4) is 0 Å². The summed E-state index contributed by atoms with van der Waals surface area (Å²) < 4.78 is 1.91. The second-order valence-electron chi connectivity index (χ2n) is 8.14. The van der Waals surface area contributed by atoms with E-state index in [2.05, 4.69) is 48.3 Å². The molecule has 2 fully saturated rings. The summed E-state index contributed by atoms with van der Waals surface area (Å²) in [4.78, 5) is 2.68. The molecule has 1 aliphatic carbocycles. The first-order chi connectivity index (χ1) is 9.88. The molecule has 1 unspecified atom stereocenters. The number of hydrogen-bond donors (Lipinski definition) is 1. The summed E-state index contributed by atoms with van der Waals surface area (Å²) in [7, 11) is 2.00. The third-order valence-electron chi connectivity index (χ3n) is 5.31. The van der Waals surface area contributed by atoms with Crippen LogP contribution in [0.15, 0.2) is 12.3 Å². The van der Waals surface area contributed by atoms with Gasteiger partial charge in [-0.1, -0.05) is 33.6 Å². The van der Waals surface area contributed by atoms with Gasteiger partial charge in [-0.15, -0.1) is 0 Å². The van der Waals surface area contributed by atoms with Crippen molar-refractivity contribution < 1.29 is 0 Å². The Bertz CT molecular complexity index is 479. The molecular formula is C17H30N4. The predicted molar refractivity (Wildman–Crippen MR) is 86.1 cm³/mol. The third-order valence-corrected chi connectivity index (χ3v) is 5.31. The van der Waals surface area contributed by atoms with E-state index in [0.717, 1.165) is 13.1 Å². The van der Waals surface area contributed by atoms with Gasteiger partial charge in [0.25, 0.3) is 0 Å². The van der Waals surface area contributed by atoms with E-state index in [1.165, 1.54) is 37.9 Å². The van der Waals surface area contributed by atoms with Crippen LogP contribution >= 0.6 is 0 Å². The van der Waals surface area contributed by atoms with Crippen LogP contribution in [-0.4, -0.2) is 39.4 Å². The normalized spacial score (nSPS) is 26.6. The topological polar surface area (TPSA) is 33.1 Å². The minimum atomic E-state index is 0.294. The molecule has 0 aromatic carbocycles. The van der Waals surface area contributed by atoms with Crippen molar-refractivity contribution in [1.82, 2.24) is 20.0 Å². The van der Waals surface area contributed by atoms with E-state index in [0.29, 0.717) is 17.0 Å². The molecule has 4 nitrogen and oxygen atoms in total. The highest BCUT2D eigenvalue weighted by Gasteiger charge is 2.44. The van der Waals surface area contributed by atoms with Crippen LogP contribution in [0.5, 0.6) is 0 Å². The van der Waals surface area contributed by atoms with Crippen molar-refractivity contribution >= 4 is 0 Å². The molecule has 0 bridgehead atoms. The molecule has 1 atom stereocenters. The van der Waals surface area contributed by atoms with E-state index in [9.17, 15) is 0 Å². The van der Waals surface area contributed by atoms with Gasteiger partial charge in [-0.3, -0.25) is 9.58 Å². The number of piperazine rings is 1. The Hall–Kier alpha value is -0.870. The first kappa shape index (κ1) is 15.0. The van der Waals surface area contributed by atoms with Crippen molar-refractivity contribution in [2.45, 2.75) is 64.6 Å². The lowest BCUT2D eigenvalue weighted by Crippen LogP contribution is -2.65. The summed E-state index contributed by atoms with van der Waals surface area (Å²) >= 11 is 0. The second kappa shape index (κ2) is 5.40. The van der Waals surface area contributed by atoms with Gasteiger partial charge in [0.1, 0.15) is 0 Å². The molecule has 4 heteroatoms. The molecular weight excluding hydrogens is 260 g/mol. The summed E-state index contributed by atoms with van der Waals surface area (Å²) in [5.74, 6) is 0. The van der Waals surface area contributed by atoms with Crippen molar-refractivity contribution in [3.05, 3.63) is 18.0 Å². The summed E-state index contributed by atoms with van der Waals surface area (Å²) in [5, 5.41) is 8.50. The Kier molecular flexibility index (Phi) is 3.87. The van der Waals surface area contributed by atoms with Crippen LogP contribution in [0.2, 0.25) is 0 Å². The average molecular weight is 290 g/mol. The van der Waals surface area contributed by atoms with Gasteiger partial charge < -0.3 is 5.32 Å². The lowest BCUT2D eigenvalue weighted by atomic mass is 9.81. The fourth-order valence-electron chi connectivity index (χ4n) is 4.16. The van der Waals surface area contributed by atoms with Gasteiger partial charge in [-0.25, -0.2) is 0 Å². The van der Waals surface area contributed by atoms with E-state index in [-0.39, 0.29) is 0 Å². The second-order valence-corrected chi connectivity index (χ2v) is 8.14. The molecule has 2 aliphatic rings. The van der Waals surface area contributed by atoms with Crippen molar-refractivity contribution in [3.8, 4) is 0 Å². The summed E-state index contributed by atoms with van der Waals surface area (Å²) in [5.41, 5.74) is 1.86. The highest BCUT2D eigenvalue weighted by atomic mass is 15.3. The van der Waals surface area contributed by atoms with Gasteiger partial charge in [0.05, 0.1) is 5.69 Å². The zero-order chi connectivity index (χ0) is 15.1. The van der Waals surface area contributed by atoms with E-state index >= 15 is 0 Å². The maximum absolute atomic E-state index is 4.59. The molecule has 1 aliphatic heterocycles. The molecule has 1 aromatic heterocycles. The molecule has 1 spiro atoms. The summed E-state index contributed by atoms with van der Waals surface area (Å²) in [6.07, 6.45) is 7.48. The number of aryl methyl sites for hydroxylation is 1. The molecule has 1 saturated heterocycles. The number of rotatable bonds is 2. The molecule has 1 N–H and O–H groups in total. The maximum Gasteiger partial charge on any atom is 0.0764 e. The molecule has 2 heterocycles. The predicted octanol–water partition coefficient (Wildman–Crippen LogP) is 2.55. The molecule has 118 valence electrons. The molecule has 1 saturated carbocycles. The van der Waals surface area contributed by atoms with Crippen LogP contribution < -0.4 is 5.32 Å². The monoisotopic (exact) mass is 290 g/mol. The van der Waals surface area contributed by atoms with Gasteiger partial charge in [-0.05, 0) is 24.3 Å². The highest BCUT2D eigenvalue weighted by Crippen LogP contribution is 2.37. The Morgan fingerprint density at radius 2 is 2.05 bits per heavy atom. The van der Waals surface area contributed by atoms with E-state index in [1.807, 2.05) is 11.7 Å². The van der Waals surface area contributed by atoms with Crippen LogP contribution in [0, 0.1) is 5.41 Å². The Morgan fingerprint density at radius 1 is 1.33 bits per heavy atom. The van der Waals surface area contributed by atoms with Crippen LogP contribution in [0.25, 0.3) is 0 Å². The van der Waals surface area contributed by atoms with E-state index < -0.39 is 0 Å². The standard InChI is InChI=1S/C17H30N4/c1-16(2,3)15-11-18-17(8-5-6-9-17)13-21(15)12-14-7-10-20(4)19-14/h7,10,15,18H,5-6,8-9,11-13H2,1-4H3. The highest BCUT2D eigenvalue weighted by molar-refractivity contribution is 5.06. The van der Waals surface area contributed by atoms with Gasteiger partial charge in [0, 0.05) is 44.5 Å². The Balaban J connectivity index is 1.79. The first-order valence-corrected chi connectivity index (χ1v) is 8.36. The number of nitrogens with one attached hydrogen (secondary N) is 1. The molecule has 21 heavy (non-hydrogen) atoms. The number of aromatic nitrogens is 2. The van der Waals surface area contributed by atoms with Crippen LogP contribution in [-0.2, 0) is 13.6 Å². The largest absolute Gasteiger partial charge is 0.308 e. The van der Waals surface area contributed by atoms with Crippen molar-refractivity contribution in [1.29, 1.82) is 0 Å². The first-order valence-electron chi connectivity index (χ1n) is 8.36. The average Bonchev–Trinajstić information content (AvgIpc) is 2.98. The van der Waals surface area contributed by atoms with Gasteiger partial charge in [0.2, 0.25) is 0 Å². The SMILES string of the molecule is Cn1ccc(CN2CC3(CCCC3)NCC2C(C)(C)C)n1. The summed E-state index contributed by atoms with van der Waals surface area (Å²) in [6.45, 7) is 10.3. The smallest absolute Gasteiger partial charge is 0.0764 e. The Morgan fingerprint density at radius 3 is 2.62 bits per heavy atom. The quantitative estimate of drug-likeness (QED) is 0.909. The fourth-order valence-corrected chi connectivity index (χ4v) is 4.16. The maximum atomic E-state index is 4.59. The molecule has 0 radical (unpaired) electrons. The number of hydrogen-bond acceptors (Lipinski definition) is 3.